The first-order valence-electron chi connectivity index (χ1n) is 6.81. The van der Waals surface area contributed by atoms with Crippen molar-refractivity contribution >= 4 is 15.9 Å². The molecule has 3 N–H and O–H groups in total. The summed E-state index contributed by atoms with van der Waals surface area (Å²) in [6.45, 7) is 0.393. The molecule has 0 aliphatic carbocycles. The van der Waals surface area contributed by atoms with E-state index in [1.54, 1.807) is 0 Å². The van der Waals surface area contributed by atoms with Crippen molar-refractivity contribution in [3.8, 4) is 0 Å². The van der Waals surface area contributed by atoms with Crippen LogP contribution in [0.3, 0.4) is 0 Å². The van der Waals surface area contributed by atoms with Gasteiger partial charge >= 0.3 is 0 Å². The van der Waals surface area contributed by atoms with Crippen LogP contribution in [0.4, 0.5) is 0 Å². The number of nitrogens with one attached hydrogen (secondary N) is 3. The molecular weight excluding hydrogens is 308 g/mol. The lowest BCUT2D eigenvalue weighted by Gasteiger charge is -2.23. The summed E-state index contributed by atoms with van der Waals surface area (Å²) in [6, 6.07) is -0.435. The third-order valence-electron chi connectivity index (χ3n) is 3.76. The maximum absolute atomic E-state index is 12.7. The summed E-state index contributed by atoms with van der Waals surface area (Å²) < 4.78 is 26.8. The molecule has 1 unspecified atom stereocenters. The Morgan fingerprint density at radius 3 is 2.91 bits per heavy atom. The summed E-state index contributed by atoms with van der Waals surface area (Å²) >= 11 is 0. The number of amides is 1. The molecule has 1 amide bonds. The van der Waals surface area contributed by atoms with E-state index in [4.69, 9.17) is 0 Å². The quantitative estimate of drug-likeness (QED) is 0.731. The third kappa shape index (κ3) is 2.29. The van der Waals surface area contributed by atoms with Gasteiger partial charge in [0.2, 0.25) is 10.0 Å². The maximum Gasteiger partial charge on any atom is 0.254 e. The van der Waals surface area contributed by atoms with E-state index in [-0.39, 0.29) is 10.8 Å². The van der Waals surface area contributed by atoms with Crippen LogP contribution in [0.2, 0.25) is 0 Å². The van der Waals surface area contributed by atoms with E-state index < -0.39 is 16.1 Å². The van der Waals surface area contributed by atoms with Crippen LogP contribution in [-0.2, 0) is 10.0 Å². The number of hydrogen-bond donors (Lipinski definition) is 3. The van der Waals surface area contributed by atoms with E-state index in [2.05, 4.69) is 25.7 Å². The standard InChI is InChI=1S/C12H16N6O3S/c1-13-12(19)9-7-16-17-11(9)10-3-2-4-18(10)22(20,21)8-5-14-15-6-8/h5-7,10H,2-4H2,1H3,(H,13,19)(H,14,15)(H,16,17). The van der Waals surface area contributed by atoms with Crippen LogP contribution in [0.5, 0.6) is 0 Å². The molecule has 1 aliphatic rings. The molecule has 2 aromatic heterocycles. The molecular formula is C12H16N6O3S. The Balaban J connectivity index is 1.98. The molecule has 0 aromatic carbocycles. The average Bonchev–Trinajstić information content (AvgIpc) is 3.25. The van der Waals surface area contributed by atoms with Crippen LogP contribution in [0.1, 0.15) is 34.9 Å². The van der Waals surface area contributed by atoms with Crippen molar-refractivity contribution < 1.29 is 13.2 Å². The lowest BCUT2D eigenvalue weighted by molar-refractivity contribution is 0.0961. The normalized spacial score (nSPS) is 19.4. The fraction of sp³-hybridized carbons (Fsp3) is 0.417. The van der Waals surface area contributed by atoms with Gasteiger partial charge in [0, 0.05) is 19.8 Å². The zero-order chi connectivity index (χ0) is 15.7. The molecule has 1 aliphatic heterocycles. The summed E-state index contributed by atoms with van der Waals surface area (Å²) in [4.78, 5) is 12.0. The molecule has 1 atom stereocenters. The Kier molecular flexibility index (Phi) is 3.71. The molecule has 9 nitrogen and oxygen atoms in total. The van der Waals surface area contributed by atoms with Gasteiger partial charge in [0.15, 0.2) is 0 Å². The number of carbonyl (C=O) groups is 1. The van der Waals surface area contributed by atoms with Gasteiger partial charge < -0.3 is 5.32 Å². The number of nitrogens with zero attached hydrogens (tertiary/aromatic N) is 3. The minimum Gasteiger partial charge on any atom is -0.355 e. The fourth-order valence-electron chi connectivity index (χ4n) is 2.70. The Morgan fingerprint density at radius 1 is 1.41 bits per heavy atom. The summed E-state index contributed by atoms with van der Waals surface area (Å²) in [5.74, 6) is -0.295. The van der Waals surface area contributed by atoms with Gasteiger partial charge in [-0.05, 0) is 12.8 Å². The topological polar surface area (TPSA) is 124 Å². The summed E-state index contributed by atoms with van der Waals surface area (Å²) in [7, 11) is -2.14. The Morgan fingerprint density at radius 2 is 2.23 bits per heavy atom. The van der Waals surface area contributed by atoms with Crippen molar-refractivity contribution in [1.29, 1.82) is 0 Å². The average molecular weight is 324 g/mol. The first-order chi connectivity index (χ1) is 10.6. The fourth-order valence-corrected chi connectivity index (χ4v) is 4.27. The van der Waals surface area contributed by atoms with E-state index >= 15 is 0 Å². The van der Waals surface area contributed by atoms with Crippen LogP contribution < -0.4 is 5.32 Å². The van der Waals surface area contributed by atoms with Gasteiger partial charge in [0.05, 0.1) is 29.7 Å². The number of H-pyrrole nitrogens is 2. The van der Waals surface area contributed by atoms with Gasteiger partial charge in [-0.15, -0.1) is 0 Å². The minimum absolute atomic E-state index is 0.111. The highest BCUT2D eigenvalue weighted by molar-refractivity contribution is 7.89. The minimum atomic E-state index is -3.66. The van der Waals surface area contributed by atoms with E-state index in [1.165, 1.54) is 29.9 Å². The van der Waals surface area contributed by atoms with Gasteiger partial charge in [-0.2, -0.15) is 14.5 Å². The Hall–Kier alpha value is -2.20. The van der Waals surface area contributed by atoms with Crippen LogP contribution in [0, 0.1) is 0 Å². The van der Waals surface area contributed by atoms with Crippen molar-refractivity contribution in [1.82, 2.24) is 30.0 Å². The summed E-state index contributed by atoms with van der Waals surface area (Å²) in [5, 5.41) is 15.4. The van der Waals surface area contributed by atoms with Gasteiger partial charge in [-0.1, -0.05) is 0 Å². The van der Waals surface area contributed by atoms with Gasteiger partial charge in [-0.3, -0.25) is 15.0 Å². The summed E-state index contributed by atoms with van der Waals surface area (Å²) in [6.07, 6.45) is 5.38. The number of hydrogen-bond acceptors (Lipinski definition) is 5. The van der Waals surface area contributed by atoms with E-state index in [0.29, 0.717) is 30.6 Å². The zero-order valence-electron chi connectivity index (χ0n) is 11.9. The molecule has 0 saturated carbocycles. The van der Waals surface area contributed by atoms with E-state index in [0.717, 1.165) is 0 Å². The van der Waals surface area contributed by atoms with E-state index in [9.17, 15) is 13.2 Å². The predicted molar refractivity (Wildman–Crippen MR) is 76.4 cm³/mol. The second kappa shape index (κ2) is 5.54. The predicted octanol–water partition coefficient (Wildman–Crippen LogP) is 0.0182. The van der Waals surface area contributed by atoms with E-state index in [1.807, 2.05) is 0 Å². The molecule has 22 heavy (non-hydrogen) atoms. The van der Waals surface area contributed by atoms with Crippen molar-refractivity contribution in [3.05, 3.63) is 29.8 Å². The monoisotopic (exact) mass is 324 g/mol. The molecule has 1 fully saturated rings. The zero-order valence-corrected chi connectivity index (χ0v) is 12.7. The molecule has 2 aromatic rings. The largest absolute Gasteiger partial charge is 0.355 e. The number of rotatable bonds is 4. The number of sulfonamides is 1. The molecule has 0 bridgehead atoms. The van der Waals surface area contributed by atoms with Crippen molar-refractivity contribution in [3.63, 3.8) is 0 Å². The Labute approximate surface area is 127 Å². The smallest absolute Gasteiger partial charge is 0.254 e. The SMILES string of the molecule is CNC(=O)c1cn[nH]c1C1CCCN1S(=O)(=O)c1cn[nH]c1. The second-order valence-electron chi connectivity index (χ2n) is 4.98. The molecule has 0 spiro atoms. The van der Waals surface area contributed by atoms with Gasteiger partial charge in [0.1, 0.15) is 4.90 Å². The molecule has 1 saturated heterocycles. The highest BCUT2D eigenvalue weighted by Gasteiger charge is 2.39. The van der Waals surface area contributed by atoms with Crippen molar-refractivity contribution in [2.75, 3.05) is 13.6 Å². The number of aromatic amines is 2. The molecule has 3 heterocycles. The molecule has 118 valence electrons. The van der Waals surface area contributed by atoms with Crippen molar-refractivity contribution in [2.24, 2.45) is 0 Å². The number of aromatic nitrogens is 4. The molecule has 0 radical (unpaired) electrons. The van der Waals surface area contributed by atoms with Crippen LogP contribution in [0.15, 0.2) is 23.5 Å². The van der Waals surface area contributed by atoms with Crippen LogP contribution in [0.25, 0.3) is 0 Å². The first kappa shape index (κ1) is 14.7. The lowest BCUT2D eigenvalue weighted by Crippen LogP contribution is -2.32. The number of carbonyl (C=O) groups excluding carboxylic acids is 1. The maximum atomic E-state index is 12.7. The van der Waals surface area contributed by atoms with Crippen LogP contribution >= 0.6 is 0 Å². The first-order valence-corrected chi connectivity index (χ1v) is 8.25. The van der Waals surface area contributed by atoms with Gasteiger partial charge in [-0.25, -0.2) is 8.42 Å². The summed E-state index contributed by atoms with van der Waals surface area (Å²) in [5.41, 5.74) is 0.880. The highest BCUT2D eigenvalue weighted by Crippen LogP contribution is 2.36. The molecule has 3 rings (SSSR count). The molecule has 10 heteroatoms. The van der Waals surface area contributed by atoms with Gasteiger partial charge in [0.25, 0.3) is 5.91 Å². The van der Waals surface area contributed by atoms with Crippen LogP contribution in [-0.4, -0.2) is 52.6 Å². The highest BCUT2D eigenvalue weighted by atomic mass is 32.2. The Bertz CT molecular complexity index is 767. The lowest BCUT2D eigenvalue weighted by atomic mass is 10.1. The third-order valence-corrected chi connectivity index (χ3v) is 5.63. The second-order valence-corrected chi connectivity index (χ2v) is 6.87. The van der Waals surface area contributed by atoms with Crippen molar-refractivity contribution in [2.45, 2.75) is 23.8 Å².